The number of ether oxygens (including phenoxy) is 1. The normalized spacial score (nSPS) is 18.5. The van der Waals surface area contributed by atoms with Crippen molar-refractivity contribution in [2.24, 2.45) is 0 Å². The third-order valence-corrected chi connectivity index (χ3v) is 4.68. The van der Waals surface area contributed by atoms with Crippen LogP contribution in [0.1, 0.15) is 39.2 Å². The van der Waals surface area contributed by atoms with Gasteiger partial charge in [-0.05, 0) is 39.7 Å². The molecule has 5 nitrogen and oxygen atoms in total. The average molecular weight is 327 g/mol. The van der Waals surface area contributed by atoms with Crippen LogP contribution >= 0.6 is 0 Å². The topological polar surface area (TPSA) is 69.1 Å². The minimum Gasteiger partial charge on any atom is -0.378 e. The third-order valence-electron chi connectivity index (χ3n) is 4.68. The molecule has 0 bridgehead atoms. The molecule has 0 unspecified atom stereocenters. The van der Waals surface area contributed by atoms with Crippen molar-refractivity contribution in [1.29, 1.82) is 5.26 Å². The van der Waals surface area contributed by atoms with E-state index < -0.39 is 0 Å². The Hall–Kier alpha value is -2.32. The van der Waals surface area contributed by atoms with Crippen molar-refractivity contribution in [3.63, 3.8) is 0 Å². The van der Waals surface area contributed by atoms with Crippen molar-refractivity contribution >= 4 is 17.8 Å². The summed E-state index contributed by atoms with van der Waals surface area (Å²) < 4.78 is 5.60. The summed E-state index contributed by atoms with van der Waals surface area (Å²) in [6, 6.07) is 2.08. The second-order valence-corrected chi connectivity index (χ2v) is 6.54. The average Bonchev–Trinajstić information content (AvgIpc) is 2.56. The second kappa shape index (κ2) is 7.06. The number of aromatic nitrogens is 1. The Morgan fingerprint density at radius 1 is 1.46 bits per heavy atom. The number of hydrogen-bond donors (Lipinski definition) is 1. The Balaban J connectivity index is 2.69. The fourth-order valence-electron chi connectivity index (χ4n) is 3.08. The molecule has 1 fully saturated rings. The number of nitrogens with zero attached hydrogens (tertiary/aromatic N) is 2. The summed E-state index contributed by atoms with van der Waals surface area (Å²) in [5.74, 6) is 0. The highest BCUT2D eigenvalue weighted by molar-refractivity contribution is 5.64. The number of hydrogen-bond acceptors (Lipinski definition) is 4. The molecule has 0 amide bonds. The molecule has 2 rings (SSSR count). The van der Waals surface area contributed by atoms with Crippen LogP contribution < -0.4 is 21.0 Å². The molecule has 1 aliphatic heterocycles. The second-order valence-electron chi connectivity index (χ2n) is 6.54. The molecule has 0 saturated carbocycles. The van der Waals surface area contributed by atoms with E-state index in [9.17, 15) is 10.1 Å². The molecule has 0 aliphatic carbocycles. The molecule has 128 valence electrons. The summed E-state index contributed by atoms with van der Waals surface area (Å²) in [6.07, 6.45) is 5.47. The van der Waals surface area contributed by atoms with Gasteiger partial charge in [0.2, 0.25) is 0 Å². The zero-order valence-corrected chi connectivity index (χ0v) is 14.9. The molecule has 1 N–H and O–H groups in total. The van der Waals surface area contributed by atoms with Crippen LogP contribution in [0.25, 0.3) is 12.2 Å². The van der Waals surface area contributed by atoms with Crippen molar-refractivity contribution in [3.05, 3.63) is 38.6 Å². The standard InChI is InChI=1S/C19H25N3O2/c1-6-16-14(11-13(2)3)17(15(12-20)18(23)21-16)22-9-7-19(4,24-5)8-10-22/h6,11H,2,7-10H2,1,3-5H3,(H,21,23)/b14-11+,16-6+. The molecule has 0 aromatic carbocycles. The molecule has 1 aromatic heterocycles. The first kappa shape index (κ1) is 18.0. The van der Waals surface area contributed by atoms with Gasteiger partial charge < -0.3 is 14.6 Å². The maximum atomic E-state index is 12.3. The number of H-pyrrole nitrogens is 1. The Morgan fingerprint density at radius 2 is 2.08 bits per heavy atom. The van der Waals surface area contributed by atoms with E-state index >= 15 is 0 Å². The predicted molar refractivity (Wildman–Crippen MR) is 97.3 cm³/mol. The van der Waals surface area contributed by atoms with E-state index in [2.05, 4.69) is 29.5 Å². The number of anilines is 1. The lowest BCUT2D eigenvalue weighted by Crippen LogP contribution is -2.48. The van der Waals surface area contributed by atoms with E-state index in [0.717, 1.165) is 42.1 Å². The maximum Gasteiger partial charge on any atom is 0.268 e. The van der Waals surface area contributed by atoms with Crippen molar-refractivity contribution in [3.8, 4) is 6.07 Å². The van der Waals surface area contributed by atoms with E-state index in [1.807, 2.05) is 26.0 Å². The number of nitriles is 1. The van der Waals surface area contributed by atoms with Crippen LogP contribution in [0, 0.1) is 11.3 Å². The van der Waals surface area contributed by atoms with Crippen LogP contribution in [-0.2, 0) is 4.74 Å². The largest absolute Gasteiger partial charge is 0.378 e. The molecule has 0 spiro atoms. The lowest BCUT2D eigenvalue weighted by atomic mass is 9.92. The Labute approximate surface area is 142 Å². The molecular formula is C19H25N3O2. The van der Waals surface area contributed by atoms with Gasteiger partial charge in [-0.2, -0.15) is 5.26 Å². The first-order valence-corrected chi connectivity index (χ1v) is 8.15. The number of allylic oxidation sites excluding steroid dienone is 1. The minimum absolute atomic E-state index is 0.150. The molecule has 1 saturated heterocycles. The van der Waals surface area contributed by atoms with Gasteiger partial charge in [0.15, 0.2) is 0 Å². The van der Waals surface area contributed by atoms with Gasteiger partial charge in [-0.15, -0.1) is 0 Å². The van der Waals surface area contributed by atoms with Gasteiger partial charge in [0.1, 0.15) is 11.6 Å². The number of nitrogens with one attached hydrogen (secondary N) is 1. The lowest BCUT2D eigenvalue weighted by Gasteiger charge is -2.39. The monoisotopic (exact) mass is 327 g/mol. The van der Waals surface area contributed by atoms with E-state index in [1.165, 1.54) is 0 Å². The SMILES string of the molecule is C=C(C)/C=c1/c(N2CCC(C)(OC)CC2)c(C#N)c(=O)[nH]/c1=C/C. The molecule has 24 heavy (non-hydrogen) atoms. The van der Waals surface area contributed by atoms with E-state index in [4.69, 9.17) is 4.74 Å². The van der Waals surface area contributed by atoms with Crippen LogP contribution in [0.15, 0.2) is 16.9 Å². The number of piperidine rings is 1. The van der Waals surface area contributed by atoms with Crippen LogP contribution in [0.2, 0.25) is 0 Å². The fraction of sp³-hybridized carbons (Fsp3) is 0.474. The molecule has 5 heteroatoms. The molecule has 2 heterocycles. The van der Waals surface area contributed by atoms with Gasteiger partial charge in [0.05, 0.1) is 11.3 Å². The number of methoxy groups -OCH3 is 1. The minimum atomic E-state index is -0.348. The van der Waals surface area contributed by atoms with Crippen molar-refractivity contribution in [2.75, 3.05) is 25.1 Å². The van der Waals surface area contributed by atoms with Gasteiger partial charge in [0, 0.05) is 30.8 Å². The highest BCUT2D eigenvalue weighted by Crippen LogP contribution is 2.27. The Morgan fingerprint density at radius 3 is 2.54 bits per heavy atom. The summed E-state index contributed by atoms with van der Waals surface area (Å²) in [4.78, 5) is 17.3. The summed E-state index contributed by atoms with van der Waals surface area (Å²) in [5, 5.41) is 11.1. The number of aromatic amines is 1. The zero-order valence-electron chi connectivity index (χ0n) is 14.9. The molecule has 0 atom stereocenters. The molecule has 0 radical (unpaired) electrons. The summed E-state index contributed by atoms with van der Waals surface area (Å²) in [7, 11) is 1.73. The first-order valence-electron chi connectivity index (χ1n) is 8.15. The van der Waals surface area contributed by atoms with Gasteiger partial charge in [-0.3, -0.25) is 4.79 Å². The smallest absolute Gasteiger partial charge is 0.268 e. The highest BCUT2D eigenvalue weighted by atomic mass is 16.5. The van der Waals surface area contributed by atoms with Crippen molar-refractivity contribution in [2.45, 2.75) is 39.2 Å². The highest BCUT2D eigenvalue weighted by Gasteiger charge is 2.31. The van der Waals surface area contributed by atoms with E-state index in [1.54, 1.807) is 7.11 Å². The summed E-state index contributed by atoms with van der Waals surface area (Å²) >= 11 is 0. The van der Waals surface area contributed by atoms with Gasteiger partial charge in [-0.1, -0.05) is 18.2 Å². The number of pyridine rings is 1. The summed E-state index contributed by atoms with van der Waals surface area (Å²) in [6.45, 7) is 11.3. The van der Waals surface area contributed by atoms with Gasteiger partial charge >= 0.3 is 0 Å². The van der Waals surface area contributed by atoms with Crippen LogP contribution in [0.4, 0.5) is 5.69 Å². The van der Waals surface area contributed by atoms with Crippen LogP contribution in [0.5, 0.6) is 0 Å². The van der Waals surface area contributed by atoms with Crippen LogP contribution in [-0.4, -0.2) is 30.8 Å². The molecular weight excluding hydrogens is 302 g/mol. The van der Waals surface area contributed by atoms with Gasteiger partial charge in [0.25, 0.3) is 5.56 Å². The maximum absolute atomic E-state index is 12.3. The lowest BCUT2D eigenvalue weighted by molar-refractivity contribution is -0.0132. The number of rotatable bonds is 3. The first-order chi connectivity index (χ1) is 11.3. The van der Waals surface area contributed by atoms with Crippen LogP contribution in [0.3, 0.4) is 0 Å². The molecule has 1 aromatic rings. The quantitative estimate of drug-likeness (QED) is 0.911. The Bertz CT molecular complexity index is 850. The molecule has 1 aliphatic rings. The predicted octanol–water partition coefficient (Wildman–Crippen LogP) is 1.41. The zero-order chi connectivity index (χ0) is 17.9. The Kier molecular flexibility index (Phi) is 5.30. The summed E-state index contributed by atoms with van der Waals surface area (Å²) in [5.41, 5.74) is 1.24. The fourth-order valence-corrected chi connectivity index (χ4v) is 3.08. The van der Waals surface area contributed by atoms with E-state index in [-0.39, 0.29) is 16.7 Å². The third kappa shape index (κ3) is 3.44. The van der Waals surface area contributed by atoms with E-state index in [0.29, 0.717) is 5.69 Å². The van der Waals surface area contributed by atoms with Gasteiger partial charge in [-0.25, -0.2) is 0 Å². The van der Waals surface area contributed by atoms with Crippen molar-refractivity contribution in [1.82, 2.24) is 4.98 Å². The van der Waals surface area contributed by atoms with Crippen molar-refractivity contribution < 1.29 is 4.74 Å².